The van der Waals surface area contributed by atoms with E-state index in [9.17, 15) is 14.7 Å². The van der Waals surface area contributed by atoms with E-state index in [4.69, 9.17) is 9.15 Å². The molecule has 1 aromatic carbocycles. The third-order valence-electron chi connectivity index (χ3n) is 4.92. The molecule has 0 bridgehead atoms. The van der Waals surface area contributed by atoms with Crippen molar-refractivity contribution in [3.8, 4) is 0 Å². The van der Waals surface area contributed by atoms with Gasteiger partial charge in [-0.2, -0.15) is 4.98 Å². The van der Waals surface area contributed by atoms with Gasteiger partial charge in [0.15, 0.2) is 5.58 Å². The van der Waals surface area contributed by atoms with Crippen LogP contribution >= 0.6 is 0 Å². The molecule has 8 heteroatoms. The average Bonchev–Trinajstić information content (AvgIpc) is 3.02. The number of fused-ring (bicyclic) bond motifs is 1. The van der Waals surface area contributed by atoms with Gasteiger partial charge >= 0.3 is 12.1 Å². The van der Waals surface area contributed by atoms with Crippen LogP contribution in [0.15, 0.2) is 22.6 Å². The summed E-state index contributed by atoms with van der Waals surface area (Å²) < 4.78 is 11.5. The number of carbonyl (C=O) groups is 2. The zero-order valence-corrected chi connectivity index (χ0v) is 17.9. The van der Waals surface area contributed by atoms with Crippen molar-refractivity contribution in [3.05, 3.63) is 23.8 Å². The Balaban J connectivity index is 1.91. The summed E-state index contributed by atoms with van der Waals surface area (Å²) in [6, 6.07) is 5.16. The number of ether oxygens (including phenoxy) is 1. The highest BCUT2D eigenvalue weighted by Crippen LogP contribution is 2.34. The molecule has 8 nitrogen and oxygen atoms in total. The minimum Gasteiger partial charge on any atom is -0.478 e. The summed E-state index contributed by atoms with van der Waals surface area (Å²) in [4.78, 5) is 32.3. The fourth-order valence-electron chi connectivity index (χ4n) is 3.48. The van der Waals surface area contributed by atoms with E-state index in [0.717, 1.165) is 0 Å². The highest BCUT2D eigenvalue weighted by molar-refractivity contribution is 6.00. The highest BCUT2D eigenvalue weighted by Gasteiger charge is 2.40. The number of amides is 1. The quantitative estimate of drug-likeness (QED) is 0.809. The molecule has 1 fully saturated rings. The van der Waals surface area contributed by atoms with Crippen molar-refractivity contribution < 1.29 is 23.8 Å². The molecule has 0 aliphatic carbocycles. The molecule has 2 aromatic rings. The Morgan fingerprint density at radius 2 is 1.86 bits per heavy atom. The van der Waals surface area contributed by atoms with E-state index in [0.29, 0.717) is 36.7 Å². The van der Waals surface area contributed by atoms with Gasteiger partial charge < -0.3 is 24.1 Å². The number of aromatic nitrogens is 1. The van der Waals surface area contributed by atoms with Crippen molar-refractivity contribution in [3.63, 3.8) is 0 Å². The first-order valence-corrected chi connectivity index (χ1v) is 9.74. The Hall–Kier alpha value is -2.77. The van der Waals surface area contributed by atoms with Gasteiger partial charge in [0.1, 0.15) is 11.1 Å². The normalized spacial score (nSPS) is 18.2. The van der Waals surface area contributed by atoms with E-state index in [1.165, 1.54) is 6.07 Å². The highest BCUT2D eigenvalue weighted by atomic mass is 16.6. The van der Waals surface area contributed by atoms with Crippen molar-refractivity contribution in [2.45, 2.75) is 53.2 Å². The number of nitrogens with zero attached hydrogens (tertiary/aromatic N) is 3. The smallest absolute Gasteiger partial charge is 0.410 e. The van der Waals surface area contributed by atoms with E-state index in [1.807, 2.05) is 25.7 Å². The number of para-hydroxylation sites is 1. The number of anilines is 1. The molecular weight excluding hydrogens is 374 g/mol. The molecule has 0 radical (unpaired) electrons. The second-order valence-corrected chi connectivity index (χ2v) is 9.46. The number of hydrogen-bond donors (Lipinski definition) is 1. The van der Waals surface area contributed by atoms with Gasteiger partial charge in [-0.3, -0.25) is 0 Å². The number of benzene rings is 1. The molecule has 29 heavy (non-hydrogen) atoms. The number of oxazole rings is 1. The van der Waals surface area contributed by atoms with Gasteiger partial charge in [-0.15, -0.1) is 0 Å². The van der Waals surface area contributed by atoms with E-state index >= 15 is 0 Å². The molecule has 1 saturated heterocycles. The number of aromatic carboxylic acids is 1. The molecule has 1 aromatic heterocycles. The predicted molar refractivity (Wildman–Crippen MR) is 109 cm³/mol. The lowest BCUT2D eigenvalue weighted by Crippen LogP contribution is -2.60. The van der Waals surface area contributed by atoms with Crippen LogP contribution < -0.4 is 4.90 Å². The van der Waals surface area contributed by atoms with Gasteiger partial charge in [0.2, 0.25) is 0 Å². The molecule has 2 heterocycles. The average molecular weight is 403 g/mol. The van der Waals surface area contributed by atoms with Crippen molar-refractivity contribution >= 4 is 29.2 Å². The zero-order valence-electron chi connectivity index (χ0n) is 17.9. The summed E-state index contributed by atoms with van der Waals surface area (Å²) in [5.41, 5.74) is 0.132. The zero-order chi connectivity index (χ0) is 21.6. The van der Waals surface area contributed by atoms with Crippen LogP contribution in [-0.2, 0) is 4.74 Å². The summed E-state index contributed by atoms with van der Waals surface area (Å²) in [5, 5.41) is 9.42. The predicted octanol–water partition coefficient (Wildman–Crippen LogP) is 4.00. The van der Waals surface area contributed by atoms with E-state index < -0.39 is 11.6 Å². The summed E-state index contributed by atoms with van der Waals surface area (Å²) in [6.45, 7) is 13.3. The summed E-state index contributed by atoms with van der Waals surface area (Å²) >= 11 is 0. The van der Waals surface area contributed by atoms with Crippen LogP contribution in [0.4, 0.5) is 10.8 Å². The second kappa shape index (κ2) is 7.24. The fourth-order valence-corrected chi connectivity index (χ4v) is 3.48. The lowest BCUT2D eigenvalue weighted by Gasteiger charge is -2.46. The van der Waals surface area contributed by atoms with Gasteiger partial charge in [-0.25, -0.2) is 9.59 Å². The largest absolute Gasteiger partial charge is 0.478 e. The molecule has 0 saturated carbocycles. The van der Waals surface area contributed by atoms with Crippen LogP contribution in [0.5, 0.6) is 0 Å². The Kier molecular flexibility index (Phi) is 5.23. The second-order valence-electron chi connectivity index (χ2n) is 9.46. The number of carboxylic acids is 1. The van der Waals surface area contributed by atoms with Crippen molar-refractivity contribution in [2.75, 3.05) is 24.5 Å². The maximum absolute atomic E-state index is 12.6. The van der Waals surface area contributed by atoms with Crippen molar-refractivity contribution in [2.24, 2.45) is 5.41 Å². The Bertz CT molecular complexity index is 923. The maximum atomic E-state index is 12.6. The monoisotopic (exact) mass is 403 g/mol. The number of piperazine rings is 1. The Morgan fingerprint density at radius 3 is 2.45 bits per heavy atom. The molecule has 3 rings (SSSR count). The van der Waals surface area contributed by atoms with Crippen LogP contribution in [0.2, 0.25) is 0 Å². The summed E-state index contributed by atoms with van der Waals surface area (Å²) in [6.07, 6.45) is -0.336. The van der Waals surface area contributed by atoms with Gasteiger partial charge in [-0.05, 0) is 38.3 Å². The van der Waals surface area contributed by atoms with Gasteiger partial charge in [-0.1, -0.05) is 26.8 Å². The van der Waals surface area contributed by atoms with Crippen LogP contribution in [0.1, 0.15) is 51.9 Å². The lowest BCUT2D eigenvalue weighted by molar-refractivity contribution is 0.0174. The Morgan fingerprint density at radius 1 is 1.17 bits per heavy atom. The first-order valence-electron chi connectivity index (χ1n) is 9.74. The lowest BCUT2D eigenvalue weighted by atomic mass is 9.84. The first kappa shape index (κ1) is 21.0. The number of rotatable bonds is 2. The third kappa shape index (κ3) is 4.46. The molecule has 1 N–H and O–H groups in total. The van der Waals surface area contributed by atoms with Crippen LogP contribution in [0.3, 0.4) is 0 Å². The van der Waals surface area contributed by atoms with E-state index in [2.05, 4.69) is 25.8 Å². The van der Waals surface area contributed by atoms with Crippen LogP contribution in [-0.4, -0.2) is 58.3 Å². The first-order chi connectivity index (χ1) is 13.4. The van der Waals surface area contributed by atoms with Crippen molar-refractivity contribution in [1.29, 1.82) is 0 Å². The molecule has 1 aliphatic heterocycles. The van der Waals surface area contributed by atoms with Gasteiger partial charge in [0.05, 0.1) is 11.6 Å². The molecule has 158 valence electrons. The molecule has 0 spiro atoms. The fraction of sp³-hybridized carbons (Fsp3) is 0.571. The van der Waals surface area contributed by atoms with Gasteiger partial charge in [0.25, 0.3) is 6.01 Å². The number of hydrogen-bond acceptors (Lipinski definition) is 6. The van der Waals surface area contributed by atoms with Crippen LogP contribution in [0, 0.1) is 5.41 Å². The van der Waals surface area contributed by atoms with E-state index in [-0.39, 0.29) is 23.1 Å². The molecule has 1 amide bonds. The number of carbonyl (C=O) groups excluding carboxylic acids is 1. The molecular formula is C21H29N3O5. The molecule has 1 atom stereocenters. The standard InChI is InChI=1S/C21H29N3O5/c1-20(2,3)15-12-23(19(27)29-21(4,5)6)10-11-24(15)18-22-16-13(17(25)26)8-7-9-14(16)28-18/h7-9,15H,10-12H2,1-6H3,(H,25,26). The summed E-state index contributed by atoms with van der Waals surface area (Å²) in [7, 11) is 0. The van der Waals surface area contributed by atoms with Crippen molar-refractivity contribution in [1.82, 2.24) is 9.88 Å². The summed E-state index contributed by atoms with van der Waals surface area (Å²) in [5.74, 6) is -1.04. The SMILES string of the molecule is CC(C)(C)OC(=O)N1CCN(c2nc3c(C(=O)O)cccc3o2)C(C(C)(C)C)C1. The van der Waals surface area contributed by atoms with E-state index in [1.54, 1.807) is 17.0 Å². The van der Waals surface area contributed by atoms with Gasteiger partial charge in [0, 0.05) is 19.6 Å². The third-order valence-corrected chi connectivity index (χ3v) is 4.92. The minimum absolute atomic E-state index is 0.0786. The number of carboxylic acid groups (broad SMARTS) is 1. The molecule has 1 aliphatic rings. The minimum atomic E-state index is -1.04. The Labute approximate surface area is 170 Å². The van der Waals surface area contributed by atoms with Crippen LogP contribution in [0.25, 0.3) is 11.1 Å². The molecule has 1 unspecified atom stereocenters. The maximum Gasteiger partial charge on any atom is 0.410 e. The topological polar surface area (TPSA) is 96.1 Å².